The molecule has 6 nitrogen and oxygen atoms in total. The average molecular weight is 486 g/mol. The summed E-state index contributed by atoms with van der Waals surface area (Å²) in [4.78, 5) is 15.2. The molecule has 29 heavy (non-hydrogen) atoms. The highest BCUT2D eigenvalue weighted by Crippen LogP contribution is 2.35. The van der Waals surface area contributed by atoms with Crippen LogP contribution in [0, 0.1) is 0 Å². The van der Waals surface area contributed by atoms with E-state index in [1.54, 1.807) is 12.1 Å². The summed E-state index contributed by atoms with van der Waals surface area (Å²) in [5.74, 6) is -0.0922. The van der Waals surface area contributed by atoms with Crippen molar-refractivity contribution in [2.24, 2.45) is 0 Å². The van der Waals surface area contributed by atoms with E-state index in [1.807, 2.05) is 0 Å². The third-order valence-corrected chi connectivity index (χ3v) is 8.20. The number of amides is 1. The van der Waals surface area contributed by atoms with E-state index in [-0.39, 0.29) is 29.3 Å². The predicted octanol–water partition coefficient (Wildman–Crippen LogP) is 3.42. The van der Waals surface area contributed by atoms with E-state index >= 15 is 0 Å². The summed E-state index contributed by atoms with van der Waals surface area (Å²) in [5.41, 5.74) is 0.0886. The summed E-state index contributed by atoms with van der Waals surface area (Å²) < 4.78 is 28.0. The molecule has 1 heterocycles. The van der Waals surface area contributed by atoms with Crippen LogP contribution in [0.2, 0.25) is 0 Å². The van der Waals surface area contributed by atoms with Gasteiger partial charge in [-0.3, -0.25) is 9.69 Å². The van der Waals surface area contributed by atoms with E-state index in [4.69, 9.17) is 0 Å². The van der Waals surface area contributed by atoms with Crippen LogP contribution in [0.4, 0.5) is 0 Å². The normalized spacial score (nSPS) is 20.3. The van der Waals surface area contributed by atoms with E-state index in [0.29, 0.717) is 6.54 Å². The molecule has 0 atom stereocenters. The summed E-state index contributed by atoms with van der Waals surface area (Å²) in [5, 5.41) is 3.10. The maximum atomic E-state index is 12.4. The molecule has 1 saturated carbocycles. The zero-order valence-electron chi connectivity index (χ0n) is 17.0. The summed E-state index contributed by atoms with van der Waals surface area (Å²) in [6, 6.07) is 6.45. The van der Waals surface area contributed by atoms with E-state index in [2.05, 4.69) is 30.9 Å². The molecule has 1 aliphatic carbocycles. The van der Waals surface area contributed by atoms with Crippen LogP contribution in [-0.2, 0) is 14.8 Å². The Morgan fingerprint density at radius 2 is 1.62 bits per heavy atom. The van der Waals surface area contributed by atoms with Crippen molar-refractivity contribution in [2.75, 3.05) is 26.2 Å². The SMILES string of the molecule is O=C(CCNS(=O)(=O)c1ccc(Br)cc1)NCC1(N2CCCCC2)CCCCC1. The molecule has 8 heteroatoms. The third-order valence-electron chi connectivity index (χ3n) is 6.19. The average Bonchev–Trinajstić information content (AvgIpc) is 2.74. The van der Waals surface area contributed by atoms with Crippen molar-refractivity contribution in [2.45, 2.75) is 68.2 Å². The Hall–Kier alpha value is -0.960. The van der Waals surface area contributed by atoms with Gasteiger partial charge in [0.1, 0.15) is 0 Å². The Balaban J connectivity index is 1.48. The molecule has 3 rings (SSSR count). The molecule has 2 fully saturated rings. The maximum Gasteiger partial charge on any atom is 0.240 e. The molecule has 0 unspecified atom stereocenters. The monoisotopic (exact) mass is 485 g/mol. The number of rotatable bonds is 8. The molecule has 0 bridgehead atoms. The predicted molar refractivity (Wildman–Crippen MR) is 118 cm³/mol. The first-order chi connectivity index (χ1) is 13.9. The Labute approximate surface area is 183 Å². The minimum absolute atomic E-state index is 0.0886. The largest absolute Gasteiger partial charge is 0.354 e. The third kappa shape index (κ3) is 6.26. The molecule has 2 aliphatic rings. The van der Waals surface area contributed by atoms with Crippen LogP contribution in [0.5, 0.6) is 0 Å². The van der Waals surface area contributed by atoms with Gasteiger partial charge in [0.2, 0.25) is 15.9 Å². The number of carbonyl (C=O) groups is 1. The molecular formula is C21H32BrN3O3S. The van der Waals surface area contributed by atoms with E-state index in [0.717, 1.165) is 30.4 Å². The summed E-state index contributed by atoms with van der Waals surface area (Å²) >= 11 is 3.30. The van der Waals surface area contributed by atoms with Crippen LogP contribution in [0.15, 0.2) is 33.6 Å². The topological polar surface area (TPSA) is 78.5 Å². The van der Waals surface area contributed by atoms with Gasteiger partial charge in [-0.05, 0) is 63.0 Å². The van der Waals surface area contributed by atoms with Crippen LogP contribution in [0.3, 0.4) is 0 Å². The number of nitrogens with one attached hydrogen (secondary N) is 2. The first-order valence-electron chi connectivity index (χ1n) is 10.7. The van der Waals surface area contributed by atoms with Gasteiger partial charge in [-0.25, -0.2) is 13.1 Å². The number of hydrogen-bond donors (Lipinski definition) is 2. The molecule has 2 N–H and O–H groups in total. The van der Waals surface area contributed by atoms with Gasteiger partial charge in [0, 0.05) is 29.5 Å². The zero-order valence-corrected chi connectivity index (χ0v) is 19.4. The Morgan fingerprint density at radius 1 is 1.00 bits per heavy atom. The van der Waals surface area contributed by atoms with Crippen molar-refractivity contribution in [3.05, 3.63) is 28.7 Å². The van der Waals surface area contributed by atoms with E-state index < -0.39 is 10.0 Å². The van der Waals surface area contributed by atoms with Crippen LogP contribution >= 0.6 is 15.9 Å². The lowest BCUT2D eigenvalue weighted by Crippen LogP contribution is -2.58. The number of carbonyl (C=O) groups excluding carboxylic acids is 1. The standard InChI is InChI=1S/C21H32BrN3O3S/c22-18-7-9-19(10-8-18)29(27,28)24-14-11-20(26)23-17-21(12-3-1-4-13-21)25-15-5-2-6-16-25/h7-10,24H,1-6,11-17H2,(H,23,26). The Kier molecular flexibility index (Phi) is 8.13. The number of sulfonamides is 1. The van der Waals surface area contributed by atoms with Crippen LogP contribution in [0.1, 0.15) is 57.8 Å². The highest BCUT2D eigenvalue weighted by atomic mass is 79.9. The van der Waals surface area contributed by atoms with Crippen molar-refractivity contribution < 1.29 is 13.2 Å². The molecule has 1 aliphatic heterocycles. The van der Waals surface area contributed by atoms with Gasteiger partial charge in [-0.1, -0.05) is 41.6 Å². The van der Waals surface area contributed by atoms with Crippen molar-refractivity contribution in [3.8, 4) is 0 Å². The second kappa shape index (κ2) is 10.4. The lowest BCUT2D eigenvalue weighted by atomic mass is 9.79. The highest BCUT2D eigenvalue weighted by Gasteiger charge is 2.38. The highest BCUT2D eigenvalue weighted by molar-refractivity contribution is 9.10. The van der Waals surface area contributed by atoms with Crippen LogP contribution in [0.25, 0.3) is 0 Å². The fraction of sp³-hybridized carbons (Fsp3) is 0.667. The first kappa shape index (κ1) is 22.7. The molecule has 0 aromatic heterocycles. The quantitative estimate of drug-likeness (QED) is 0.591. The summed E-state index contributed by atoms with van der Waals surface area (Å²) in [6.07, 6.45) is 9.94. The molecular weight excluding hydrogens is 454 g/mol. The fourth-order valence-corrected chi connectivity index (χ4v) is 5.83. The van der Waals surface area contributed by atoms with Crippen LogP contribution < -0.4 is 10.0 Å². The van der Waals surface area contributed by atoms with Gasteiger partial charge < -0.3 is 5.32 Å². The number of nitrogens with zero attached hydrogens (tertiary/aromatic N) is 1. The van der Waals surface area contributed by atoms with E-state index in [1.165, 1.54) is 50.7 Å². The van der Waals surface area contributed by atoms with Crippen molar-refractivity contribution in [1.29, 1.82) is 0 Å². The number of piperidine rings is 1. The van der Waals surface area contributed by atoms with Gasteiger partial charge in [0.25, 0.3) is 0 Å². The minimum atomic E-state index is -3.60. The molecule has 0 spiro atoms. The smallest absolute Gasteiger partial charge is 0.240 e. The van der Waals surface area contributed by atoms with Crippen molar-refractivity contribution >= 4 is 31.9 Å². The van der Waals surface area contributed by atoms with Gasteiger partial charge in [0.15, 0.2) is 0 Å². The van der Waals surface area contributed by atoms with Crippen molar-refractivity contribution in [1.82, 2.24) is 14.9 Å². The van der Waals surface area contributed by atoms with Gasteiger partial charge in [-0.15, -0.1) is 0 Å². The van der Waals surface area contributed by atoms with Gasteiger partial charge in [0.05, 0.1) is 4.90 Å². The number of benzene rings is 1. The Bertz CT molecular complexity index is 771. The summed E-state index contributed by atoms with van der Waals surface area (Å²) in [7, 11) is -3.60. The zero-order chi connectivity index (χ0) is 20.7. The maximum absolute atomic E-state index is 12.4. The van der Waals surface area contributed by atoms with Gasteiger partial charge >= 0.3 is 0 Å². The fourth-order valence-electron chi connectivity index (χ4n) is 4.53. The van der Waals surface area contributed by atoms with Crippen molar-refractivity contribution in [3.63, 3.8) is 0 Å². The lowest BCUT2D eigenvalue weighted by Gasteiger charge is -2.48. The molecule has 162 valence electrons. The number of halogens is 1. The Morgan fingerprint density at radius 3 is 2.28 bits per heavy atom. The molecule has 0 radical (unpaired) electrons. The minimum Gasteiger partial charge on any atom is -0.354 e. The van der Waals surface area contributed by atoms with E-state index in [9.17, 15) is 13.2 Å². The second-order valence-corrected chi connectivity index (χ2v) is 10.9. The molecule has 1 amide bonds. The molecule has 1 saturated heterocycles. The lowest BCUT2D eigenvalue weighted by molar-refractivity contribution is -0.121. The molecule has 1 aromatic rings. The first-order valence-corrected chi connectivity index (χ1v) is 13.0. The molecule has 1 aromatic carbocycles. The second-order valence-electron chi connectivity index (χ2n) is 8.21. The number of likely N-dealkylation sites (tertiary alicyclic amines) is 1. The summed E-state index contributed by atoms with van der Waals surface area (Å²) in [6.45, 7) is 3.03. The van der Waals surface area contributed by atoms with Gasteiger partial charge in [-0.2, -0.15) is 0 Å². The number of hydrogen-bond acceptors (Lipinski definition) is 4. The van der Waals surface area contributed by atoms with Crippen LogP contribution in [-0.4, -0.2) is 50.9 Å².